The molecule has 0 bridgehead atoms. The van der Waals surface area contributed by atoms with Gasteiger partial charge < -0.3 is 9.73 Å². The van der Waals surface area contributed by atoms with Crippen LogP contribution in [-0.4, -0.2) is 21.9 Å². The summed E-state index contributed by atoms with van der Waals surface area (Å²) in [7, 11) is 0. The number of amides is 1. The molecular formula is C13H13ClFN3O2S. The van der Waals surface area contributed by atoms with Crippen LogP contribution in [0.2, 0.25) is 5.02 Å². The van der Waals surface area contributed by atoms with Crippen molar-refractivity contribution >= 4 is 35.0 Å². The maximum atomic E-state index is 13.0. The van der Waals surface area contributed by atoms with Gasteiger partial charge in [0.1, 0.15) is 5.82 Å². The third-order valence-electron chi connectivity index (χ3n) is 2.45. The fourth-order valence-electron chi connectivity index (χ4n) is 1.41. The SMILES string of the molecule is CC(C)c1nnc(SCC(=O)Nc2ccc(F)c(Cl)c2)o1. The Balaban J connectivity index is 1.88. The van der Waals surface area contributed by atoms with E-state index >= 15 is 0 Å². The number of anilines is 1. The standard InChI is InChI=1S/C13H13ClFN3O2S/c1-7(2)12-17-18-13(20-12)21-6-11(19)16-8-3-4-10(15)9(14)5-8/h3-5,7H,6H2,1-2H3,(H,16,19). The molecule has 0 aliphatic heterocycles. The lowest BCUT2D eigenvalue weighted by molar-refractivity contribution is -0.113. The second-order valence-electron chi connectivity index (χ2n) is 4.53. The molecule has 1 aromatic carbocycles. The number of benzene rings is 1. The maximum absolute atomic E-state index is 13.0. The average molecular weight is 330 g/mol. The van der Waals surface area contributed by atoms with E-state index in [1.165, 1.54) is 18.2 Å². The maximum Gasteiger partial charge on any atom is 0.277 e. The second kappa shape index (κ2) is 6.91. The van der Waals surface area contributed by atoms with Crippen LogP contribution in [0.3, 0.4) is 0 Å². The highest BCUT2D eigenvalue weighted by Gasteiger charge is 2.12. The first-order valence-corrected chi connectivity index (χ1v) is 7.53. The molecule has 8 heteroatoms. The van der Waals surface area contributed by atoms with Crippen LogP contribution in [-0.2, 0) is 4.79 Å². The number of thioether (sulfide) groups is 1. The number of carbonyl (C=O) groups excluding carboxylic acids is 1. The quantitative estimate of drug-likeness (QED) is 0.847. The molecule has 112 valence electrons. The fraction of sp³-hybridized carbons (Fsp3) is 0.308. The Bertz CT molecular complexity index is 648. The zero-order chi connectivity index (χ0) is 15.4. The molecule has 5 nitrogen and oxygen atoms in total. The molecule has 0 unspecified atom stereocenters. The molecule has 0 spiro atoms. The Morgan fingerprint density at radius 1 is 1.48 bits per heavy atom. The van der Waals surface area contributed by atoms with E-state index in [0.717, 1.165) is 11.8 Å². The van der Waals surface area contributed by atoms with E-state index in [1.54, 1.807) is 0 Å². The average Bonchev–Trinajstić information content (AvgIpc) is 2.90. The lowest BCUT2D eigenvalue weighted by Crippen LogP contribution is -2.14. The molecule has 0 atom stereocenters. The first kappa shape index (κ1) is 15.8. The number of hydrogen-bond acceptors (Lipinski definition) is 5. The fourth-order valence-corrected chi connectivity index (χ4v) is 2.16. The number of nitrogens with one attached hydrogen (secondary N) is 1. The van der Waals surface area contributed by atoms with Crippen molar-refractivity contribution in [2.75, 3.05) is 11.1 Å². The van der Waals surface area contributed by atoms with Crippen molar-refractivity contribution in [3.63, 3.8) is 0 Å². The lowest BCUT2D eigenvalue weighted by atomic mass is 10.2. The number of rotatable bonds is 5. The van der Waals surface area contributed by atoms with Crippen LogP contribution >= 0.6 is 23.4 Å². The van der Waals surface area contributed by atoms with E-state index in [-0.39, 0.29) is 22.6 Å². The van der Waals surface area contributed by atoms with E-state index in [2.05, 4.69) is 15.5 Å². The third-order valence-corrected chi connectivity index (χ3v) is 3.55. The van der Waals surface area contributed by atoms with Gasteiger partial charge in [-0.05, 0) is 18.2 Å². The predicted octanol–water partition coefficient (Wildman–Crippen LogP) is 3.72. The highest BCUT2D eigenvalue weighted by atomic mass is 35.5. The molecule has 1 aromatic heterocycles. The summed E-state index contributed by atoms with van der Waals surface area (Å²) >= 11 is 6.77. The van der Waals surface area contributed by atoms with E-state index in [9.17, 15) is 9.18 Å². The minimum atomic E-state index is -0.531. The topological polar surface area (TPSA) is 68.0 Å². The Morgan fingerprint density at radius 3 is 2.86 bits per heavy atom. The van der Waals surface area contributed by atoms with Crippen LogP contribution < -0.4 is 5.32 Å². The van der Waals surface area contributed by atoms with Gasteiger partial charge in [-0.3, -0.25) is 4.79 Å². The molecule has 1 amide bonds. The van der Waals surface area contributed by atoms with Gasteiger partial charge in [0, 0.05) is 11.6 Å². The van der Waals surface area contributed by atoms with Gasteiger partial charge in [0.25, 0.3) is 5.22 Å². The largest absolute Gasteiger partial charge is 0.416 e. The molecule has 0 saturated heterocycles. The Labute approximate surface area is 130 Å². The van der Waals surface area contributed by atoms with Crippen molar-refractivity contribution in [1.82, 2.24) is 10.2 Å². The predicted molar refractivity (Wildman–Crippen MR) is 79.2 cm³/mol. The van der Waals surface area contributed by atoms with Gasteiger partial charge in [-0.25, -0.2) is 4.39 Å². The van der Waals surface area contributed by atoms with E-state index in [1.807, 2.05) is 13.8 Å². The van der Waals surface area contributed by atoms with E-state index < -0.39 is 5.82 Å². The summed E-state index contributed by atoms with van der Waals surface area (Å²) in [6, 6.07) is 3.98. The van der Waals surface area contributed by atoms with Crippen molar-refractivity contribution in [1.29, 1.82) is 0 Å². The summed E-state index contributed by atoms with van der Waals surface area (Å²) in [5.74, 6) is -0.0253. The number of halogens is 2. The van der Waals surface area contributed by atoms with E-state index in [0.29, 0.717) is 16.8 Å². The van der Waals surface area contributed by atoms with Gasteiger partial charge in [-0.2, -0.15) is 0 Å². The Morgan fingerprint density at radius 2 is 2.24 bits per heavy atom. The summed E-state index contributed by atoms with van der Waals surface area (Å²) in [5.41, 5.74) is 0.431. The van der Waals surface area contributed by atoms with Gasteiger partial charge in [-0.15, -0.1) is 10.2 Å². The van der Waals surface area contributed by atoms with Crippen LogP contribution in [0.4, 0.5) is 10.1 Å². The molecule has 1 heterocycles. The van der Waals surface area contributed by atoms with Crippen LogP contribution in [0, 0.1) is 5.82 Å². The van der Waals surface area contributed by atoms with Gasteiger partial charge in [-0.1, -0.05) is 37.2 Å². The number of hydrogen-bond donors (Lipinski definition) is 1. The van der Waals surface area contributed by atoms with Crippen LogP contribution in [0.25, 0.3) is 0 Å². The van der Waals surface area contributed by atoms with Crippen molar-refractivity contribution in [2.45, 2.75) is 25.0 Å². The van der Waals surface area contributed by atoms with Crippen molar-refractivity contribution in [2.24, 2.45) is 0 Å². The lowest BCUT2D eigenvalue weighted by Gasteiger charge is -2.04. The monoisotopic (exact) mass is 329 g/mol. The molecule has 0 saturated carbocycles. The van der Waals surface area contributed by atoms with Crippen LogP contribution in [0.15, 0.2) is 27.8 Å². The highest BCUT2D eigenvalue weighted by Crippen LogP contribution is 2.22. The molecule has 0 fully saturated rings. The molecule has 2 rings (SSSR count). The minimum absolute atomic E-state index is 0.0427. The number of carbonyl (C=O) groups is 1. The smallest absolute Gasteiger partial charge is 0.277 e. The first-order valence-electron chi connectivity index (χ1n) is 6.17. The van der Waals surface area contributed by atoms with Gasteiger partial charge in [0.15, 0.2) is 0 Å². The Kier molecular flexibility index (Phi) is 5.19. The zero-order valence-corrected chi connectivity index (χ0v) is 13.0. The first-order chi connectivity index (χ1) is 9.95. The molecule has 0 aliphatic carbocycles. The molecule has 0 aliphatic rings. The molecule has 0 radical (unpaired) electrons. The normalized spacial score (nSPS) is 10.9. The van der Waals surface area contributed by atoms with Gasteiger partial charge in [0.2, 0.25) is 11.8 Å². The van der Waals surface area contributed by atoms with Crippen molar-refractivity contribution < 1.29 is 13.6 Å². The van der Waals surface area contributed by atoms with Crippen LogP contribution in [0.5, 0.6) is 0 Å². The van der Waals surface area contributed by atoms with Crippen molar-refractivity contribution in [3.8, 4) is 0 Å². The van der Waals surface area contributed by atoms with E-state index in [4.69, 9.17) is 16.0 Å². The molecule has 1 N–H and O–H groups in total. The van der Waals surface area contributed by atoms with Gasteiger partial charge in [0.05, 0.1) is 10.8 Å². The Hall–Kier alpha value is -1.60. The van der Waals surface area contributed by atoms with Crippen molar-refractivity contribution in [3.05, 3.63) is 34.9 Å². The second-order valence-corrected chi connectivity index (χ2v) is 5.86. The summed E-state index contributed by atoms with van der Waals surface area (Å²) < 4.78 is 18.4. The summed E-state index contributed by atoms with van der Waals surface area (Å²) in [6.45, 7) is 3.87. The van der Waals surface area contributed by atoms with Gasteiger partial charge >= 0.3 is 0 Å². The minimum Gasteiger partial charge on any atom is -0.416 e. The zero-order valence-electron chi connectivity index (χ0n) is 11.4. The summed E-state index contributed by atoms with van der Waals surface area (Å²) in [4.78, 5) is 11.8. The highest BCUT2D eigenvalue weighted by molar-refractivity contribution is 7.99. The third kappa shape index (κ3) is 4.44. The number of nitrogens with zero attached hydrogens (tertiary/aromatic N) is 2. The summed E-state index contributed by atoms with van der Waals surface area (Å²) in [5, 5.41) is 10.6. The summed E-state index contributed by atoms with van der Waals surface area (Å²) in [6.07, 6.45) is 0. The molecular weight excluding hydrogens is 317 g/mol. The molecule has 2 aromatic rings. The molecule has 21 heavy (non-hydrogen) atoms. The van der Waals surface area contributed by atoms with Crippen LogP contribution in [0.1, 0.15) is 25.7 Å². The number of aromatic nitrogens is 2.